The molecule has 0 amide bonds. The van der Waals surface area contributed by atoms with Crippen LogP contribution in [0.25, 0.3) is 33.4 Å². The van der Waals surface area contributed by atoms with Gasteiger partial charge in [0, 0.05) is 17.5 Å². The quantitative estimate of drug-likeness (QED) is 0.399. The lowest BCUT2D eigenvalue weighted by Crippen LogP contribution is -2.00. The highest BCUT2D eigenvalue weighted by atomic mass is 16.5. The third-order valence-corrected chi connectivity index (χ3v) is 5.20. The van der Waals surface area contributed by atoms with Crippen molar-refractivity contribution in [2.75, 3.05) is 7.11 Å². The van der Waals surface area contributed by atoms with Crippen molar-refractivity contribution in [2.24, 2.45) is 0 Å². The summed E-state index contributed by atoms with van der Waals surface area (Å²) in [5.41, 5.74) is 9.48. The Morgan fingerprint density at radius 2 is 1.26 bits per heavy atom. The molecule has 3 aromatic carbocycles. The van der Waals surface area contributed by atoms with E-state index in [2.05, 4.69) is 78.9 Å². The summed E-state index contributed by atoms with van der Waals surface area (Å²) < 4.78 is 5.77. The largest absolute Gasteiger partial charge is 0.481 e. The van der Waals surface area contributed by atoms with Crippen LogP contribution in [-0.2, 0) is 6.42 Å². The topological polar surface area (TPSA) is 22.1 Å². The van der Waals surface area contributed by atoms with E-state index in [9.17, 15) is 0 Å². The van der Waals surface area contributed by atoms with E-state index in [0.717, 1.165) is 23.2 Å². The fraction of sp³-hybridized carbons (Fsp3) is 0.0800. The summed E-state index contributed by atoms with van der Waals surface area (Å²) in [4.78, 5) is 4.93. The van der Waals surface area contributed by atoms with Gasteiger partial charge in [0.15, 0.2) is 0 Å². The van der Waals surface area contributed by atoms with Gasteiger partial charge in [-0.05, 0) is 22.3 Å². The maximum atomic E-state index is 5.77. The molecule has 2 heteroatoms. The van der Waals surface area contributed by atoms with E-state index in [1.807, 2.05) is 6.07 Å². The number of ether oxygens (including phenoxy) is 1. The van der Waals surface area contributed by atoms with Crippen LogP contribution in [0.5, 0.6) is 5.88 Å². The summed E-state index contributed by atoms with van der Waals surface area (Å²) in [6, 6.07) is 29.6. The third kappa shape index (κ3) is 2.53. The minimum atomic E-state index is 0.687. The van der Waals surface area contributed by atoms with Gasteiger partial charge in [-0.3, -0.25) is 0 Å². The van der Waals surface area contributed by atoms with Crippen LogP contribution in [0.15, 0.2) is 84.9 Å². The Balaban J connectivity index is 1.92. The molecule has 1 aromatic heterocycles. The lowest BCUT2D eigenvalue weighted by atomic mass is 9.89. The van der Waals surface area contributed by atoms with Crippen LogP contribution in [0.4, 0.5) is 0 Å². The zero-order valence-corrected chi connectivity index (χ0v) is 15.1. The molecule has 0 saturated carbocycles. The number of aromatic nitrogens is 1. The lowest BCUT2D eigenvalue weighted by molar-refractivity contribution is 0.399. The van der Waals surface area contributed by atoms with Crippen LogP contribution in [0.3, 0.4) is 0 Å². The highest BCUT2D eigenvalue weighted by molar-refractivity contribution is 5.99. The molecule has 0 bridgehead atoms. The predicted octanol–water partition coefficient (Wildman–Crippen LogP) is 6.00. The summed E-state index contributed by atoms with van der Waals surface area (Å²) in [6.07, 6.45) is 0.844. The molecular formula is C25H19NO. The Kier molecular flexibility index (Phi) is 3.75. The lowest BCUT2D eigenvalue weighted by Gasteiger charge is -2.18. The second kappa shape index (κ2) is 6.40. The van der Waals surface area contributed by atoms with Gasteiger partial charge in [-0.15, -0.1) is 0 Å². The molecule has 0 spiro atoms. The molecule has 0 fully saturated rings. The van der Waals surface area contributed by atoms with Crippen LogP contribution in [-0.4, -0.2) is 12.1 Å². The van der Waals surface area contributed by atoms with Gasteiger partial charge < -0.3 is 4.74 Å². The fourth-order valence-electron chi connectivity index (χ4n) is 4.04. The summed E-state index contributed by atoms with van der Waals surface area (Å²) in [5.74, 6) is 0.687. The van der Waals surface area contributed by atoms with Crippen molar-refractivity contribution in [3.05, 3.63) is 96.2 Å². The first-order valence-electron chi connectivity index (χ1n) is 9.17. The Bertz CT molecular complexity index is 1120. The number of benzene rings is 3. The monoisotopic (exact) mass is 349 g/mol. The number of hydrogen-bond donors (Lipinski definition) is 0. The highest BCUT2D eigenvalue weighted by Gasteiger charge is 2.28. The smallest absolute Gasteiger partial charge is 0.221 e. The zero-order valence-electron chi connectivity index (χ0n) is 15.1. The Morgan fingerprint density at radius 3 is 1.93 bits per heavy atom. The molecule has 27 heavy (non-hydrogen) atoms. The summed E-state index contributed by atoms with van der Waals surface area (Å²) in [5, 5.41) is 0. The molecule has 130 valence electrons. The Labute approximate surface area is 159 Å². The van der Waals surface area contributed by atoms with E-state index in [1.54, 1.807) is 7.11 Å². The normalized spacial score (nSPS) is 11.7. The molecule has 0 saturated heterocycles. The van der Waals surface area contributed by atoms with E-state index >= 15 is 0 Å². The average Bonchev–Trinajstić information content (AvgIpc) is 3.11. The number of rotatable bonds is 3. The first kappa shape index (κ1) is 15.8. The van der Waals surface area contributed by atoms with Crippen LogP contribution in [0.2, 0.25) is 0 Å². The van der Waals surface area contributed by atoms with E-state index in [1.165, 1.54) is 27.8 Å². The maximum Gasteiger partial charge on any atom is 0.221 e. The zero-order chi connectivity index (χ0) is 18.2. The van der Waals surface area contributed by atoms with Gasteiger partial charge in [-0.1, -0.05) is 84.9 Å². The molecule has 0 unspecified atom stereocenters. The molecule has 1 aliphatic carbocycles. The van der Waals surface area contributed by atoms with Crippen LogP contribution >= 0.6 is 0 Å². The molecule has 0 radical (unpaired) electrons. The van der Waals surface area contributed by atoms with Gasteiger partial charge in [0.05, 0.1) is 18.4 Å². The van der Waals surface area contributed by atoms with Gasteiger partial charge in [0.2, 0.25) is 5.88 Å². The van der Waals surface area contributed by atoms with Gasteiger partial charge in [-0.2, -0.15) is 0 Å². The number of pyridine rings is 1. The van der Waals surface area contributed by atoms with Gasteiger partial charge in [-0.25, -0.2) is 4.98 Å². The van der Waals surface area contributed by atoms with Crippen molar-refractivity contribution in [1.29, 1.82) is 0 Å². The second-order valence-corrected chi connectivity index (χ2v) is 6.76. The molecule has 5 rings (SSSR count). The molecule has 0 aliphatic heterocycles. The van der Waals surface area contributed by atoms with E-state index in [0.29, 0.717) is 5.88 Å². The van der Waals surface area contributed by atoms with Crippen molar-refractivity contribution in [1.82, 2.24) is 4.98 Å². The van der Waals surface area contributed by atoms with Crippen molar-refractivity contribution < 1.29 is 4.74 Å². The minimum Gasteiger partial charge on any atom is -0.481 e. The minimum absolute atomic E-state index is 0.687. The standard InChI is InChI=1S/C25H19NO/c1-27-25-23(18-12-6-3-7-13-18)22(17-10-4-2-5-11-17)24-20-15-9-8-14-19(20)16-21(24)26-25/h2-15H,16H2,1H3. The highest BCUT2D eigenvalue weighted by Crippen LogP contribution is 2.49. The van der Waals surface area contributed by atoms with Gasteiger partial charge in [0.1, 0.15) is 0 Å². The average molecular weight is 349 g/mol. The first-order chi connectivity index (χ1) is 13.4. The summed E-state index contributed by atoms with van der Waals surface area (Å²) in [6.45, 7) is 0. The van der Waals surface area contributed by atoms with E-state index < -0.39 is 0 Å². The number of nitrogens with zero attached hydrogens (tertiary/aromatic N) is 1. The predicted molar refractivity (Wildman–Crippen MR) is 110 cm³/mol. The van der Waals surface area contributed by atoms with E-state index in [4.69, 9.17) is 9.72 Å². The maximum absolute atomic E-state index is 5.77. The van der Waals surface area contributed by atoms with Gasteiger partial charge >= 0.3 is 0 Å². The molecule has 2 nitrogen and oxygen atoms in total. The fourth-order valence-corrected chi connectivity index (χ4v) is 4.04. The van der Waals surface area contributed by atoms with Crippen molar-refractivity contribution in [3.8, 4) is 39.3 Å². The molecule has 1 aliphatic rings. The number of methoxy groups -OCH3 is 1. The van der Waals surface area contributed by atoms with Crippen molar-refractivity contribution in [2.45, 2.75) is 6.42 Å². The molecular weight excluding hydrogens is 330 g/mol. The molecule has 0 N–H and O–H groups in total. The molecule has 0 atom stereocenters. The van der Waals surface area contributed by atoms with Crippen molar-refractivity contribution in [3.63, 3.8) is 0 Å². The second-order valence-electron chi connectivity index (χ2n) is 6.76. The van der Waals surface area contributed by atoms with Crippen LogP contribution in [0, 0.1) is 0 Å². The van der Waals surface area contributed by atoms with Crippen LogP contribution < -0.4 is 4.74 Å². The summed E-state index contributed by atoms with van der Waals surface area (Å²) in [7, 11) is 1.71. The van der Waals surface area contributed by atoms with Crippen molar-refractivity contribution >= 4 is 0 Å². The molecule has 4 aromatic rings. The third-order valence-electron chi connectivity index (χ3n) is 5.20. The SMILES string of the molecule is COc1nc2c(c(-c3ccccc3)c1-c1ccccc1)-c1ccccc1C2. The number of fused-ring (bicyclic) bond motifs is 3. The Morgan fingerprint density at radius 1 is 0.667 bits per heavy atom. The summed E-state index contributed by atoms with van der Waals surface area (Å²) >= 11 is 0. The molecule has 1 heterocycles. The van der Waals surface area contributed by atoms with Gasteiger partial charge in [0.25, 0.3) is 0 Å². The first-order valence-corrected chi connectivity index (χ1v) is 9.17. The van der Waals surface area contributed by atoms with Crippen LogP contribution in [0.1, 0.15) is 11.3 Å². The number of hydrogen-bond acceptors (Lipinski definition) is 2. The Hall–Kier alpha value is -3.39. The van der Waals surface area contributed by atoms with E-state index in [-0.39, 0.29) is 0 Å².